The molecular weight excluding hydrogens is 358 g/mol. The van der Waals surface area contributed by atoms with Crippen molar-refractivity contribution in [2.45, 2.75) is 26.2 Å². The Bertz CT molecular complexity index is 830. The van der Waals surface area contributed by atoms with Crippen LogP contribution in [0.25, 0.3) is 0 Å². The Labute approximate surface area is 166 Å². The fourth-order valence-electron chi connectivity index (χ4n) is 4.15. The van der Waals surface area contributed by atoms with Crippen molar-refractivity contribution in [3.05, 3.63) is 58.6 Å². The Morgan fingerprint density at radius 1 is 0.926 bits per heavy atom. The first-order chi connectivity index (χ1) is 13.1. The summed E-state index contributed by atoms with van der Waals surface area (Å²) < 4.78 is 0. The zero-order valence-corrected chi connectivity index (χ0v) is 16.6. The number of carbonyl (C=O) groups excluding carboxylic acids is 1. The van der Waals surface area contributed by atoms with Crippen molar-refractivity contribution in [2.75, 3.05) is 42.5 Å². The molecule has 0 aliphatic carbocycles. The summed E-state index contributed by atoms with van der Waals surface area (Å²) in [7, 11) is 0. The number of urea groups is 1. The summed E-state index contributed by atoms with van der Waals surface area (Å²) in [5.74, 6) is 0. The van der Waals surface area contributed by atoms with E-state index >= 15 is 0 Å². The summed E-state index contributed by atoms with van der Waals surface area (Å²) in [5.41, 5.74) is 4.78. The van der Waals surface area contributed by atoms with E-state index in [4.69, 9.17) is 11.6 Å². The topological polar surface area (TPSA) is 26.8 Å². The molecule has 1 fully saturated rings. The summed E-state index contributed by atoms with van der Waals surface area (Å²) >= 11 is 6.17. The maximum absolute atomic E-state index is 13.3. The molecule has 0 aromatic heterocycles. The highest BCUT2D eigenvalue weighted by Gasteiger charge is 2.28. The van der Waals surface area contributed by atoms with Gasteiger partial charge in [-0.2, -0.15) is 0 Å². The Balaban J connectivity index is 1.48. The smallest absolute Gasteiger partial charge is 0.324 e. The Hall–Kier alpha value is -2.20. The molecule has 1 saturated heterocycles. The van der Waals surface area contributed by atoms with E-state index in [9.17, 15) is 4.79 Å². The monoisotopic (exact) mass is 383 g/mol. The van der Waals surface area contributed by atoms with Crippen LogP contribution in [-0.4, -0.2) is 43.7 Å². The molecule has 142 valence electrons. The minimum Gasteiger partial charge on any atom is -0.368 e. The summed E-state index contributed by atoms with van der Waals surface area (Å²) in [6, 6.07) is 14.5. The predicted octanol–water partition coefficient (Wildman–Crippen LogP) is 4.73. The number of amides is 2. The van der Waals surface area contributed by atoms with E-state index < -0.39 is 0 Å². The third kappa shape index (κ3) is 3.77. The average molecular weight is 384 g/mol. The molecule has 0 bridgehead atoms. The Morgan fingerprint density at radius 3 is 2.48 bits per heavy atom. The Morgan fingerprint density at radius 2 is 1.70 bits per heavy atom. The van der Waals surface area contributed by atoms with Crippen molar-refractivity contribution in [1.29, 1.82) is 0 Å². The summed E-state index contributed by atoms with van der Waals surface area (Å²) in [6.07, 6.45) is 3.11. The van der Waals surface area contributed by atoms with Gasteiger partial charge in [-0.25, -0.2) is 4.79 Å². The van der Waals surface area contributed by atoms with Crippen molar-refractivity contribution in [1.82, 2.24) is 4.90 Å². The molecule has 4 nitrogen and oxygen atoms in total. The minimum atomic E-state index is 0.130. The van der Waals surface area contributed by atoms with Gasteiger partial charge in [0.05, 0.1) is 0 Å². The molecule has 2 aliphatic heterocycles. The van der Waals surface area contributed by atoms with E-state index in [2.05, 4.69) is 36.1 Å². The Kier molecular flexibility index (Phi) is 5.26. The molecule has 0 radical (unpaired) electrons. The van der Waals surface area contributed by atoms with E-state index in [0.29, 0.717) is 0 Å². The van der Waals surface area contributed by atoms with Crippen LogP contribution in [0.4, 0.5) is 16.2 Å². The van der Waals surface area contributed by atoms with Crippen molar-refractivity contribution in [2.24, 2.45) is 0 Å². The summed E-state index contributed by atoms with van der Waals surface area (Å²) in [5, 5.41) is 0.745. The lowest BCUT2D eigenvalue weighted by molar-refractivity contribution is 0.201. The van der Waals surface area contributed by atoms with Gasteiger partial charge in [-0.05, 0) is 61.6 Å². The number of aryl methyl sites for hydroxylation is 2. The van der Waals surface area contributed by atoms with Crippen molar-refractivity contribution in [3.63, 3.8) is 0 Å². The predicted molar refractivity (Wildman–Crippen MR) is 112 cm³/mol. The van der Waals surface area contributed by atoms with Crippen LogP contribution < -0.4 is 9.80 Å². The number of carbonyl (C=O) groups is 1. The highest BCUT2D eigenvalue weighted by atomic mass is 35.5. The van der Waals surface area contributed by atoms with E-state index in [0.717, 1.165) is 62.7 Å². The highest BCUT2D eigenvalue weighted by molar-refractivity contribution is 6.30. The molecule has 0 spiro atoms. The number of hydrogen-bond acceptors (Lipinski definition) is 2. The first kappa shape index (κ1) is 18.2. The lowest BCUT2D eigenvalue weighted by Gasteiger charge is -2.39. The van der Waals surface area contributed by atoms with Crippen LogP contribution in [-0.2, 0) is 6.42 Å². The highest BCUT2D eigenvalue weighted by Crippen LogP contribution is 2.30. The van der Waals surface area contributed by atoms with Crippen LogP contribution >= 0.6 is 11.6 Å². The lowest BCUT2D eigenvalue weighted by atomic mass is 10.1. The van der Waals surface area contributed by atoms with E-state index in [-0.39, 0.29) is 6.03 Å². The van der Waals surface area contributed by atoms with Crippen molar-refractivity contribution in [3.8, 4) is 0 Å². The molecular formula is C22H26ClN3O. The second kappa shape index (κ2) is 7.81. The molecule has 4 rings (SSSR count). The van der Waals surface area contributed by atoms with Crippen LogP contribution in [0.1, 0.15) is 24.0 Å². The van der Waals surface area contributed by atoms with Gasteiger partial charge < -0.3 is 9.80 Å². The van der Waals surface area contributed by atoms with Crippen LogP contribution in [0.15, 0.2) is 42.5 Å². The molecule has 0 saturated carbocycles. The number of piperazine rings is 1. The minimum absolute atomic E-state index is 0.130. The normalized spacial score (nSPS) is 17.5. The standard InChI is InChI=1S/C22H26ClN3O/c1-17-6-2-3-8-20(17)24-12-14-25(15-13-24)22(27)26-11-5-4-7-18-16-19(23)9-10-21(18)26/h2-3,6,8-10,16H,4-5,7,11-15H2,1H3. The molecule has 5 heteroatoms. The number of hydrogen-bond donors (Lipinski definition) is 0. The van der Waals surface area contributed by atoms with Gasteiger partial charge in [0, 0.05) is 49.1 Å². The van der Waals surface area contributed by atoms with E-state index in [1.165, 1.54) is 16.8 Å². The quantitative estimate of drug-likeness (QED) is 0.711. The van der Waals surface area contributed by atoms with Gasteiger partial charge >= 0.3 is 6.03 Å². The SMILES string of the molecule is Cc1ccccc1N1CCN(C(=O)N2CCCCc3cc(Cl)ccc32)CC1. The van der Waals surface area contributed by atoms with Gasteiger partial charge in [-0.15, -0.1) is 0 Å². The van der Waals surface area contributed by atoms with Crippen molar-refractivity contribution >= 4 is 29.0 Å². The molecule has 2 amide bonds. The van der Waals surface area contributed by atoms with Gasteiger partial charge in [-0.1, -0.05) is 29.8 Å². The van der Waals surface area contributed by atoms with Crippen LogP contribution in [0.5, 0.6) is 0 Å². The number of halogens is 1. The molecule has 2 aromatic rings. The first-order valence-corrected chi connectivity index (χ1v) is 10.2. The van der Waals surface area contributed by atoms with Gasteiger partial charge in [0.15, 0.2) is 0 Å². The zero-order valence-electron chi connectivity index (χ0n) is 15.8. The number of rotatable bonds is 1. The molecule has 0 unspecified atom stereocenters. The van der Waals surface area contributed by atoms with Crippen LogP contribution in [0, 0.1) is 6.92 Å². The lowest BCUT2D eigenvalue weighted by Crippen LogP contribution is -2.53. The molecule has 2 aliphatic rings. The molecule has 2 aromatic carbocycles. The molecule has 0 atom stereocenters. The third-order valence-corrected chi connectivity index (χ3v) is 5.88. The fourth-order valence-corrected chi connectivity index (χ4v) is 4.34. The molecule has 2 heterocycles. The van der Waals surface area contributed by atoms with Gasteiger partial charge in [-0.3, -0.25) is 4.90 Å². The van der Waals surface area contributed by atoms with Crippen molar-refractivity contribution < 1.29 is 4.79 Å². The first-order valence-electron chi connectivity index (χ1n) is 9.79. The maximum atomic E-state index is 13.3. The zero-order chi connectivity index (χ0) is 18.8. The van der Waals surface area contributed by atoms with E-state index in [1.54, 1.807) is 0 Å². The molecule has 0 N–H and O–H groups in total. The van der Waals surface area contributed by atoms with Gasteiger partial charge in [0.25, 0.3) is 0 Å². The largest absolute Gasteiger partial charge is 0.368 e. The maximum Gasteiger partial charge on any atom is 0.324 e. The number of nitrogens with zero attached hydrogens (tertiary/aromatic N) is 3. The number of benzene rings is 2. The third-order valence-electron chi connectivity index (χ3n) is 5.65. The van der Waals surface area contributed by atoms with Crippen LogP contribution in [0.3, 0.4) is 0 Å². The van der Waals surface area contributed by atoms with Crippen LogP contribution in [0.2, 0.25) is 5.02 Å². The fraction of sp³-hybridized carbons (Fsp3) is 0.409. The second-order valence-corrected chi connectivity index (χ2v) is 7.86. The van der Waals surface area contributed by atoms with E-state index in [1.807, 2.05) is 28.0 Å². The second-order valence-electron chi connectivity index (χ2n) is 7.42. The molecule has 27 heavy (non-hydrogen) atoms. The van der Waals surface area contributed by atoms with Gasteiger partial charge in [0.2, 0.25) is 0 Å². The number of anilines is 2. The number of fused-ring (bicyclic) bond motifs is 1. The average Bonchev–Trinajstić information content (AvgIpc) is 2.90. The summed E-state index contributed by atoms with van der Waals surface area (Å²) in [6.45, 7) is 6.19. The summed E-state index contributed by atoms with van der Waals surface area (Å²) in [4.78, 5) is 19.6. The van der Waals surface area contributed by atoms with Gasteiger partial charge in [0.1, 0.15) is 0 Å². The number of para-hydroxylation sites is 1.